The predicted octanol–water partition coefficient (Wildman–Crippen LogP) is 2.73. The van der Waals surface area contributed by atoms with E-state index in [-0.39, 0.29) is 0 Å². The SMILES string of the molecule is COc1ccc([C@@H](C(=O)O)[C@@H](C(=O)O)c2ccccc2)cc1. The van der Waals surface area contributed by atoms with Gasteiger partial charge in [-0.1, -0.05) is 42.5 Å². The zero-order chi connectivity index (χ0) is 16.1. The Hall–Kier alpha value is -2.82. The van der Waals surface area contributed by atoms with Gasteiger partial charge in [0.25, 0.3) is 0 Å². The van der Waals surface area contributed by atoms with Crippen LogP contribution in [0.4, 0.5) is 0 Å². The molecule has 0 saturated carbocycles. The highest BCUT2D eigenvalue weighted by molar-refractivity contribution is 5.88. The number of benzene rings is 2. The average molecular weight is 300 g/mol. The smallest absolute Gasteiger partial charge is 0.312 e. The van der Waals surface area contributed by atoms with Gasteiger partial charge < -0.3 is 14.9 Å². The molecular weight excluding hydrogens is 284 g/mol. The van der Waals surface area contributed by atoms with Crippen LogP contribution in [0.1, 0.15) is 23.0 Å². The molecule has 2 N–H and O–H groups in total. The topological polar surface area (TPSA) is 83.8 Å². The van der Waals surface area contributed by atoms with Gasteiger partial charge in [-0.25, -0.2) is 0 Å². The number of methoxy groups -OCH3 is 1. The standard InChI is InChI=1S/C17H16O5/c1-22-13-9-7-12(8-10-13)15(17(20)21)14(16(18)19)11-5-3-2-4-6-11/h2-10,14-15H,1H3,(H,18,19)(H,20,21)/t14-,15+/m0/s1. The van der Waals surface area contributed by atoms with E-state index in [1.165, 1.54) is 7.11 Å². The van der Waals surface area contributed by atoms with Gasteiger partial charge in [-0.3, -0.25) is 9.59 Å². The van der Waals surface area contributed by atoms with Crippen LogP contribution in [0.3, 0.4) is 0 Å². The van der Waals surface area contributed by atoms with Crippen molar-refractivity contribution in [2.24, 2.45) is 0 Å². The second kappa shape index (κ2) is 6.76. The molecule has 5 nitrogen and oxygen atoms in total. The van der Waals surface area contributed by atoms with E-state index in [1.54, 1.807) is 54.6 Å². The first kappa shape index (κ1) is 15.6. The molecule has 0 aliphatic heterocycles. The van der Waals surface area contributed by atoms with Crippen LogP contribution in [0.15, 0.2) is 54.6 Å². The van der Waals surface area contributed by atoms with Crippen LogP contribution in [-0.4, -0.2) is 29.3 Å². The van der Waals surface area contributed by atoms with Gasteiger partial charge in [0.15, 0.2) is 0 Å². The van der Waals surface area contributed by atoms with Crippen LogP contribution >= 0.6 is 0 Å². The van der Waals surface area contributed by atoms with Crippen molar-refractivity contribution in [1.82, 2.24) is 0 Å². The van der Waals surface area contributed by atoms with Crippen molar-refractivity contribution in [3.8, 4) is 5.75 Å². The highest BCUT2D eigenvalue weighted by Crippen LogP contribution is 2.34. The monoisotopic (exact) mass is 300 g/mol. The Morgan fingerprint density at radius 1 is 0.818 bits per heavy atom. The number of hydrogen-bond acceptors (Lipinski definition) is 3. The zero-order valence-corrected chi connectivity index (χ0v) is 12.0. The summed E-state index contributed by atoms with van der Waals surface area (Å²) in [4.78, 5) is 23.3. The van der Waals surface area contributed by atoms with Crippen molar-refractivity contribution in [1.29, 1.82) is 0 Å². The third-order valence-electron chi connectivity index (χ3n) is 3.50. The van der Waals surface area contributed by atoms with E-state index in [0.717, 1.165) is 0 Å². The lowest BCUT2D eigenvalue weighted by atomic mass is 9.81. The molecule has 0 amide bonds. The molecule has 0 saturated heterocycles. The number of ether oxygens (including phenoxy) is 1. The van der Waals surface area contributed by atoms with Gasteiger partial charge in [0.1, 0.15) is 5.75 Å². The molecule has 0 heterocycles. The number of carboxylic acids is 2. The third-order valence-corrected chi connectivity index (χ3v) is 3.50. The van der Waals surface area contributed by atoms with Crippen molar-refractivity contribution in [3.05, 3.63) is 65.7 Å². The maximum Gasteiger partial charge on any atom is 0.312 e. The van der Waals surface area contributed by atoms with Crippen LogP contribution in [-0.2, 0) is 9.59 Å². The van der Waals surface area contributed by atoms with Crippen molar-refractivity contribution >= 4 is 11.9 Å². The van der Waals surface area contributed by atoms with E-state index < -0.39 is 23.8 Å². The molecule has 0 aromatic heterocycles. The van der Waals surface area contributed by atoms with Gasteiger partial charge in [0.2, 0.25) is 0 Å². The van der Waals surface area contributed by atoms with E-state index in [9.17, 15) is 19.8 Å². The minimum absolute atomic E-state index is 0.421. The molecule has 5 heteroatoms. The van der Waals surface area contributed by atoms with Crippen LogP contribution < -0.4 is 4.74 Å². The van der Waals surface area contributed by atoms with E-state index in [4.69, 9.17) is 4.74 Å². The lowest BCUT2D eigenvalue weighted by molar-refractivity contribution is -0.147. The first-order valence-electron chi connectivity index (χ1n) is 6.69. The first-order valence-corrected chi connectivity index (χ1v) is 6.69. The van der Waals surface area contributed by atoms with Crippen molar-refractivity contribution < 1.29 is 24.5 Å². The van der Waals surface area contributed by atoms with Crippen molar-refractivity contribution in [2.45, 2.75) is 11.8 Å². The van der Waals surface area contributed by atoms with Crippen LogP contribution in [0.5, 0.6) is 5.75 Å². The van der Waals surface area contributed by atoms with Gasteiger partial charge in [-0.15, -0.1) is 0 Å². The molecule has 2 atom stereocenters. The zero-order valence-electron chi connectivity index (χ0n) is 12.0. The molecule has 22 heavy (non-hydrogen) atoms. The molecule has 0 unspecified atom stereocenters. The van der Waals surface area contributed by atoms with Gasteiger partial charge in [0.05, 0.1) is 18.9 Å². The molecular formula is C17H16O5. The normalized spacial score (nSPS) is 13.1. The highest BCUT2D eigenvalue weighted by Gasteiger charge is 2.36. The molecule has 0 aliphatic rings. The summed E-state index contributed by atoms with van der Waals surface area (Å²) in [7, 11) is 1.51. The summed E-state index contributed by atoms with van der Waals surface area (Å²) >= 11 is 0. The Labute approximate surface area is 127 Å². The van der Waals surface area contributed by atoms with E-state index in [2.05, 4.69) is 0 Å². The van der Waals surface area contributed by atoms with Crippen LogP contribution in [0.25, 0.3) is 0 Å². The Morgan fingerprint density at radius 2 is 1.27 bits per heavy atom. The van der Waals surface area contributed by atoms with Gasteiger partial charge in [-0.2, -0.15) is 0 Å². The number of aliphatic carboxylic acids is 2. The summed E-state index contributed by atoms with van der Waals surface area (Å²) in [6, 6.07) is 14.8. The molecule has 2 rings (SSSR count). The minimum atomic E-state index is -1.18. The molecule has 0 radical (unpaired) electrons. The molecule has 2 aromatic rings. The maximum absolute atomic E-state index is 11.7. The summed E-state index contributed by atoms with van der Waals surface area (Å²) in [5, 5.41) is 19.1. The molecule has 0 aliphatic carbocycles. The second-order valence-electron chi connectivity index (χ2n) is 4.82. The Kier molecular flexibility index (Phi) is 4.78. The lowest BCUT2D eigenvalue weighted by Gasteiger charge is -2.21. The van der Waals surface area contributed by atoms with Gasteiger partial charge >= 0.3 is 11.9 Å². The highest BCUT2D eigenvalue weighted by atomic mass is 16.5. The molecule has 0 bridgehead atoms. The van der Waals surface area contributed by atoms with E-state index in [0.29, 0.717) is 16.9 Å². The van der Waals surface area contributed by atoms with Gasteiger partial charge in [0, 0.05) is 0 Å². The summed E-state index contributed by atoms with van der Waals surface area (Å²) in [5.74, 6) is -4.10. The quantitative estimate of drug-likeness (QED) is 0.857. The average Bonchev–Trinajstić information content (AvgIpc) is 2.52. The van der Waals surface area contributed by atoms with Crippen molar-refractivity contribution in [2.75, 3.05) is 7.11 Å². The van der Waals surface area contributed by atoms with Crippen LogP contribution in [0, 0.1) is 0 Å². The number of carboxylic acid groups (broad SMARTS) is 2. The summed E-state index contributed by atoms with van der Waals surface area (Å²) < 4.78 is 5.04. The molecule has 0 spiro atoms. The third kappa shape index (κ3) is 3.25. The van der Waals surface area contributed by atoms with E-state index >= 15 is 0 Å². The fraction of sp³-hybridized carbons (Fsp3) is 0.176. The largest absolute Gasteiger partial charge is 0.497 e. The van der Waals surface area contributed by atoms with E-state index in [1.807, 2.05) is 0 Å². The van der Waals surface area contributed by atoms with Gasteiger partial charge in [-0.05, 0) is 23.3 Å². The van der Waals surface area contributed by atoms with Crippen molar-refractivity contribution in [3.63, 3.8) is 0 Å². The molecule has 0 fully saturated rings. The minimum Gasteiger partial charge on any atom is -0.497 e. The molecule has 114 valence electrons. The number of carbonyl (C=O) groups is 2. The maximum atomic E-state index is 11.7. The fourth-order valence-electron chi connectivity index (χ4n) is 2.43. The molecule has 2 aromatic carbocycles. The summed E-state index contributed by atoms with van der Waals surface area (Å²) in [6.07, 6.45) is 0. The summed E-state index contributed by atoms with van der Waals surface area (Å²) in [5.41, 5.74) is 0.878. The first-order chi connectivity index (χ1) is 10.5. The lowest BCUT2D eigenvalue weighted by Crippen LogP contribution is -2.26. The predicted molar refractivity (Wildman–Crippen MR) is 80.2 cm³/mol. The number of hydrogen-bond donors (Lipinski definition) is 2. The second-order valence-corrected chi connectivity index (χ2v) is 4.82. The number of rotatable bonds is 6. The van der Waals surface area contributed by atoms with Crippen LogP contribution in [0.2, 0.25) is 0 Å². The summed E-state index contributed by atoms with van der Waals surface area (Å²) in [6.45, 7) is 0. The fourth-order valence-corrected chi connectivity index (χ4v) is 2.43. The Balaban J connectivity index is 2.47. The Morgan fingerprint density at radius 3 is 1.68 bits per heavy atom. The Bertz CT molecular complexity index is 649.